The molecule has 1 aliphatic rings. The lowest BCUT2D eigenvalue weighted by Crippen LogP contribution is -2.26. The van der Waals surface area contributed by atoms with Gasteiger partial charge in [0.25, 0.3) is 5.91 Å². The summed E-state index contributed by atoms with van der Waals surface area (Å²) in [5.74, 6) is -0.180. The molecular weight excluding hydrogens is 326 g/mol. The van der Waals surface area contributed by atoms with Crippen LogP contribution >= 0.6 is 0 Å². The third kappa shape index (κ3) is 2.80. The first kappa shape index (κ1) is 17.2. The van der Waals surface area contributed by atoms with Crippen molar-refractivity contribution in [2.24, 2.45) is 0 Å². The number of benzene rings is 2. The van der Waals surface area contributed by atoms with E-state index < -0.39 is 0 Å². The number of amides is 1. The van der Waals surface area contributed by atoms with Gasteiger partial charge >= 0.3 is 0 Å². The van der Waals surface area contributed by atoms with E-state index in [0.29, 0.717) is 23.4 Å². The minimum absolute atomic E-state index is 0.180. The minimum Gasteiger partial charge on any atom is -0.398 e. The average Bonchev–Trinajstić information content (AvgIpc) is 2.98. The van der Waals surface area contributed by atoms with Crippen LogP contribution in [-0.2, 0) is 6.54 Å². The van der Waals surface area contributed by atoms with Gasteiger partial charge in [0.2, 0.25) is 0 Å². The Balaban J connectivity index is 2.09. The number of nitrogens with one attached hydrogen (secondary N) is 2. The summed E-state index contributed by atoms with van der Waals surface area (Å²) in [7, 11) is 1.80. The van der Waals surface area contributed by atoms with Crippen molar-refractivity contribution in [3.8, 4) is 17.2 Å². The van der Waals surface area contributed by atoms with E-state index in [2.05, 4.69) is 11.9 Å². The van der Waals surface area contributed by atoms with Crippen molar-refractivity contribution in [3.05, 3.63) is 59.2 Å². The van der Waals surface area contributed by atoms with E-state index in [-0.39, 0.29) is 12.5 Å². The second-order valence-electron chi connectivity index (χ2n) is 6.13. The number of nitrogens with zero attached hydrogens (tertiary/aromatic N) is 2. The lowest BCUT2D eigenvalue weighted by Gasteiger charge is -2.14. The van der Waals surface area contributed by atoms with Gasteiger partial charge in [-0.3, -0.25) is 4.79 Å². The summed E-state index contributed by atoms with van der Waals surface area (Å²) in [6.45, 7) is 4.24. The molecule has 3 rings (SSSR count). The molecule has 0 saturated heterocycles. The number of carbonyl (C=O) groups excluding carboxylic acids is 1. The minimum atomic E-state index is -0.180. The highest BCUT2D eigenvalue weighted by atomic mass is 16.2. The van der Waals surface area contributed by atoms with Crippen LogP contribution in [0.4, 0.5) is 11.4 Å². The predicted molar refractivity (Wildman–Crippen MR) is 103 cm³/mol. The summed E-state index contributed by atoms with van der Waals surface area (Å²) in [6.07, 6.45) is 1.29. The third-order valence-corrected chi connectivity index (χ3v) is 4.52. The fourth-order valence-electron chi connectivity index (χ4n) is 3.23. The Labute approximate surface area is 152 Å². The molecule has 0 unspecified atom stereocenters. The molecule has 6 heteroatoms. The highest BCUT2D eigenvalue weighted by molar-refractivity contribution is 6.05. The zero-order chi connectivity index (χ0) is 18.8. The van der Waals surface area contributed by atoms with Gasteiger partial charge in [-0.15, -0.1) is 0 Å². The van der Waals surface area contributed by atoms with Gasteiger partial charge in [0.05, 0.1) is 18.2 Å². The molecule has 1 heterocycles. The molecule has 0 aliphatic carbocycles. The lowest BCUT2D eigenvalue weighted by molar-refractivity contribution is 0.0794. The Morgan fingerprint density at radius 3 is 2.88 bits per heavy atom. The Morgan fingerprint density at radius 1 is 1.46 bits per heavy atom. The zero-order valence-electron chi connectivity index (χ0n) is 14.5. The van der Waals surface area contributed by atoms with Crippen molar-refractivity contribution in [2.45, 2.75) is 6.54 Å². The monoisotopic (exact) mass is 345 g/mol. The van der Waals surface area contributed by atoms with Crippen LogP contribution in [0.5, 0.6) is 0 Å². The van der Waals surface area contributed by atoms with Crippen molar-refractivity contribution in [2.75, 3.05) is 24.6 Å². The number of nitrogens with two attached hydrogens (primary N) is 1. The highest BCUT2D eigenvalue weighted by Crippen LogP contribution is 2.37. The van der Waals surface area contributed by atoms with Crippen molar-refractivity contribution in [1.29, 1.82) is 10.7 Å². The standard InChI is InChI=1S/C20H19N5O/c1-12(8-21)10-25-11-16-15(5-6-17(23)19(16)20(25)26)13-3-4-14(9-22)18(7-13)24-2/h3-7,9,22,24H,1,10-11,23H2,2H3. The molecule has 1 aliphatic heterocycles. The molecule has 0 fully saturated rings. The fourth-order valence-corrected chi connectivity index (χ4v) is 3.23. The zero-order valence-corrected chi connectivity index (χ0v) is 14.5. The van der Waals surface area contributed by atoms with Gasteiger partial charge in [-0.1, -0.05) is 24.8 Å². The van der Waals surface area contributed by atoms with Crippen LogP contribution in [0.2, 0.25) is 0 Å². The van der Waals surface area contributed by atoms with Crippen molar-refractivity contribution in [1.82, 2.24) is 4.90 Å². The SMILES string of the molecule is C=C(C#N)CN1Cc2c(-c3ccc(C=N)c(NC)c3)ccc(N)c2C1=O. The predicted octanol–water partition coefficient (Wildman–Crippen LogP) is 3.01. The second-order valence-corrected chi connectivity index (χ2v) is 6.13. The van der Waals surface area contributed by atoms with Crippen LogP contribution in [0.25, 0.3) is 11.1 Å². The van der Waals surface area contributed by atoms with Crippen LogP contribution in [0, 0.1) is 16.7 Å². The molecule has 0 aromatic heterocycles. The molecule has 2 aromatic carbocycles. The molecule has 0 atom stereocenters. The van der Waals surface area contributed by atoms with Crippen LogP contribution in [0.15, 0.2) is 42.5 Å². The molecule has 0 bridgehead atoms. The van der Waals surface area contributed by atoms with Gasteiger partial charge in [-0.25, -0.2) is 0 Å². The van der Waals surface area contributed by atoms with Crippen molar-refractivity contribution >= 4 is 23.5 Å². The van der Waals surface area contributed by atoms with E-state index in [9.17, 15) is 4.79 Å². The van der Waals surface area contributed by atoms with E-state index in [1.54, 1.807) is 18.0 Å². The molecule has 6 nitrogen and oxygen atoms in total. The quantitative estimate of drug-likeness (QED) is 0.440. The molecule has 0 saturated carbocycles. The largest absolute Gasteiger partial charge is 0.398 e. The summed E-state index contributed by atoms with van der Waals surface area (Å²) in [4.78, 5) is 14.3. The van der Waals surface area contributed by atoms with Gasteiger partial charge in [0.15, 0.2) is 0 Å². The third-order valence-electron chi connectivity index (χ3n) is 4.52. The second kappa shape index (κ2) is 6.73. The first-order valence-electron chi connectivity index (χ1n) is 8.11. The van der Waals surface area contributed by atoms with Crippen LogP contribution in [-0.4, -0.2) is 30.6 Å². The van der Waals surface area contributed by atoms with E-state index in [0.717, 1.165) is 27.9 Å². The number of carbonyl (C=O) groups is 1. The van der Waals surface area contributed by atoms with E-state index in [1.165, 1.54) is 6.21 Å². The Kier molecular flexibility index (Phi) is 4.46. The Hall–Kier alpha value is -3.59. The maximum atomic E-state index is 12.7. The normalized spacial score (nSPS) is 12.5. The number of fused-ring (bicyclic) bond motifs is 1. The number of nitrogen functional groups attached to an aromatic ring is 1. The maximum Gasteiger partial charge on any atom is 0.256 e. The maximum absolute atomic E-state index is 12.7. The topological polar surface area (TPSA) is 106 Å². The molecular formula is C20H19N5O. The lowest BCUT2D eigenvalue weighted by atomic mass is 9.94. The number of nitriles is 1. The van der Waals surface area contributed by atoms with Gasteiger partial charge in [0, 0.05) is 42.3 Å². The number of rotatable bonds is 5. The number of anilines is 2. The molecule has 26 heavy (non-hydrogen) atoms. The first-order chi connectivity index (χ1) is 12.5. The smallest absolute Gasteiger partial charge is 0.256 e. The summed E-state index contributed by atoms with van der Waals surface area (Å²) in [5, 5.41) is 19.5. The molecule has 2 aromatic rings. The van der Waals surface area contributed by atoms with E-state index >= 15 is 0 Å². The van der Waals surface area contributed by atoms with Gasteiger partial charge in [0.1, 0.15) is 0 Å². The summed E-state index contributed by atoms with van der Waals surface area (Å²) >= 11 is 0. The van der Waals surface area contributed by atoms with E-state index in [4.69, 9.17) is 16.4 Å². The number of hydrogen-bond acceptors (Lipinski definition) is 5. The number of hydrogen-bond donors (Lipinski definition) is 3. The van der Waals surface area contributed by atoms with Crippen LogP contribution in [0.1, 0.15) is 21.5 Å². The van der Waals surface area contributed by atoms with Crippen molar-refractivity contribution < 1.29 is 4.79 Å². The van der Waals surface area contributed by atoms with Gasteiger partial charge < -0.3 is 21.4 Å². The molecule has 0 spiro atoms. The van der Waals surface area contributed by atoms with Crippen LogP contribution < -0.4 is 11.1 Å². The summed E-state index contributed by atoms with van der Waals surface area (Å²) < 4.78 is 0. The van der Waals surface area contributed by atoms with Gasteiger partial charge in [-0.2, -0.15) is 5.26 Å². The van der Waals surface area contributed by atoms with Crippen molar-refractivity contribution in [3.63, 3.8) is 0 Å². The summed E-state index contributed by atoms with van der Waals surface area (Å²) in [6, 6.07) is 11.4. The van der Waals surface area contributed by atoms with Crippen LogP contribution in [0.3, 0.4) is 0 Å². The average molecular weight is 345 g/mol. The summed E-state index contributed by atoms with van der Waals surface area (Å²) in [5.41, 5.74) is 11.6. The highest BCUT2D eigenvalue weighted by Gasteiger charge is 2.32. The van der Waals surface area contributed by atoms with E-state index in [1.807, 2.05) is 30.3 Å². The van der Waals surface area contributed by atoms with Gasteiger partial charge in [-0.05, 0) is 28.8 Å². The Morgan fingerprint density at radius 2 is 2.23 bits per heavy atom. The Bertz CT molecular complexity index is 971. The molecule has 4 N–H and O–H groups in total. The molecule has 130 valence electrons. The fraction of sp³-hybridized carbons (Fsp3) is 0.150. The molecule has 0 radical (unpaired) electrons. The molecule has 1 amide bonds. The first-order valence-corrected chi connectivity index (χ1v) is 8.11.